The smallest absolute Gasteiger partial charge is 0.131 e. The first kappa shape index (κ1) is 13.3. The second-order valence-electron chi connectivity index (χ2n) is 4.08. The van der Waals surface area contributed by atoms with E-state index in [-0.39, 0.29) is 0 Å². The van der Waals surface area contributed by atoms with Crippen molar-refractivity contribution in [2.24, 2.45) is 5.92 Å². The molecule has 0 fully saturated rings. The van der Waals surface area contributed by atoms with Crippen LogP contribution < -0.4 is 0 Å². The van der Waals surface area contributed by atoms with E-state index in [1.807, 2.05) is 0 Å². The third kappa shape index (κ3) is 3.13. The van der Waals surface area contributed by atoms with Crippen LogP contribution >= 0.6 is 23.2 Å². The van der Waals surface area contributed by atoms with E-state index in [0.717, 1.165) is 17.7 Å². The fourth-order valence-corrected chi connectivity index (χ4v) is 2.16. The number of nitriles is 1. The molecule has 0 amide bonds. The fraction of sp³-hybridized carbons (Fsp3) is 0.636. The van der Waals surface area contributed by atoms with Crippen molar-refractivity contribution in [1.29, 1.82) is 5.26 Å². The van der Waals surface area contributed by atoms with Gasteiger partial charge in [0.25, 0.3) is 0 Å². The summed E-state index contributed by atoms with van der Waals surface area (Å²) in [7, 11) is 0. The number of hydrogen-bond donors (Lipinski definition) is 0. The molecule has 1 heterocycles. The lowest BCUT2D eigenvalue weighted by molar-refractivity contribution is 0.587. The largest absolute Gasteiger partial charge is 0.252 e. The molecule has 0 spiro atoms. The van der Waals surface area contributed by atoms with Crippen LogP contribution in [0.1, 0.15) is 31.5 Å². The monoisotopic (exact) mass is 259 g/mol. The number of alkyl halides is 1. The minimum atomic E-state index is 0.368. The highest BCUT2D eigenvalue weighted by Gasteiger charge is 2.15. The Labute approximate surface area is 106 Å². The van der Waals surface area contributed by atoms with Crippen molar-refractivity contribution in [3.8, 4) is 6.07 Å². The van der Waals surface area contributed by atoms with E-state index in [2.05, 4.69) is 25.0 Å². The van der Waals surface area contributed by atoms with E-state index in [0.29, 0.717) is 29.9 Å². The molecule has 1 aromatic rings. The Morgan fingerprint density at radius 3 is 2.69 bits per heavy atom. The van der Waals surface area contributed by atoms with Crippen LogP contribution in [0.4, 0.5) is 0 Å². The fourth-order valence-electron chi connectivity index (χ4n) is 1.51. The first-order chi connectivity index (χ1) is 7.60. The van der Waals surface area contributed by atoms with E-state index >= 15 is 0 Å². The van der Waals surface area contributed by atoms with Crippen LogP contribution in [0.3, 0.4) is 0 Å². The number of aryl methyl sites for hydroxylation is 1. The van der Waals surface area contributed by atoms with Crippen molar-refractivity contribution in [2.75, 3.05) is 0 Å². The summed E-state index contributed by atoms with van der Waals surface area (Å²) in [5.74, 6) is 0.880. The molecule has 5 heteroatoms. The number of nitrogens with zero attached hydrogens (tertiary/aromatic N) is 3. The molecule has 3 nitrogen and oxygen atoms in total. The normalized spacial score (nSPS) is 10.8. The van der Waals surface area contributed by atoms with Crippen LogP contribution in [0, 0.1) is 17.2 Å². The molecule has 0 aromatic carbocycles. The molecule has 16 heavy (non-hydrogen) atoms. The Balaban J connectivity index is 2.96. The Morgan fingerprint density at radius 1 is 1.50 bits per heavy atom. The minimum absolute atomic E-state index is 0.368. The van der Waals surface area contributed by atoms with Crippen molar-refractivity contribution in [3.63, 3.8) is 0 Å². The molecule has 88 valence electrons. The first-order valence-electron chi connectivity index (χ1n) is 5.27. The van der Waals surface area contributed by atoms with Crippen LogP contribution in [0.2, 0.25) is 5.15 Å². The van der Waals surface area contributed by atoms with Gasteiger partial charge in [-0.15, -0.1) is 11.6 Å². The van der Waals surface area contributed by atoms with Gasteiger partial charge in [-0.2, -0.15) is 10.4 Å². The third-order valence-corrected chi connectivity index (χ3v) is 2.93. The van der Waals surface area contributed by atoms with Crippen molar-refractivity contribution < 1.29 is 0 Å². The number of aromatic nitrogens is 2. The molecule has 0 bridgehead atoms. The topological polar surface area (TPSA) is 41.6 Å². The summed E-state index contributed by atoms with van der Waals surface area (Å²) in [5, 5.41) is 13.5. The molecular weight excluding hydrogens is 245 g/mol. The first-order valence-corrected chi connectivity index (χ1v) is 6.18. The van der Waals surface area contributed by atoms with Gasteiger partial charge in [-0.1, -0.05) is 25.4 Å². The molecule has 0 atom stereocenters. The van der Waals surface area contributed by atoms with Crippen molar-refractivity contribution >= 4 is 23.2 Å². The molecule has 0 aliphatic rings. The summed E-state index contributed by atoms with van der Waals surface area (Å²) in [6.45, 7) is 4.78. The average Bonchev–Trinajstić information content (AvgIpc) is 2.51. The maximum Gasteiger partial charge on any atom is 0.131 e. The summed E-state index contributed by atoms with van der Waals surface area (Å²) in [5.41, 5.74) is 1.85. The van der Waals surface area contributed by atoms with Gasteiger partial charge in [0.15, 0.2) is 0 Å². The standard InChI is InChI=1S/C11H15Cl2N3/c1-8(2)6-10-9(7-12)11(13)16(15-10)5-3-4-14/h8H,3,5-7H2,1-2H3. The van der Waals surface area contributed by atoms with E-state index in [9.17, 15) is 0 Å². The highest BCUT2D eigenvalue weighted by atomic mass is 35.5. The maximum atomic E-state index is 8.54. The molecule has 0 N–H and O–H groups in total. The van der Waals surface area contributed by atoms with Crippen LogP contribution in [-0.4, -0.2) is 9.78 Å². The van der Waals surface area contributed by atoms with E-state index < -0.39 is 0 Å². The molecule has 0 saturated heterocycles. The van der Waals surface area contributed by atoms with Crippen LogP contribution in [0.15, 0.2) is 0 Å². The quantitative estimate of drug-likeness (QED) is 0.761. The molecule has 0 unspecified atom stereocenters. The van der Waals surface area contributed by atoms with Crippen LogP contribution in [0.5, 0.6) is 0 Å². The van der Waals surface area contributed by atoms with Gasteiger partial charge in [0, 0.05) is 5.56 Å². The second kappa shape index (κ2) is 6.12. The molecule has 0 saturated carbocycles. The summed E-state index contributed by atoms with van der Waals surface area (Å²) in [6, 6.07) is 2.08. The van der Waals surface area contributed by atoms with E-state index in [1.165, 1.54) is 0 Å². The Morgan fingerprint density at radius 2 is 2.19 bits per heavy atom. The van der Waals surface area contributed by atoms with Crippen LogP contribution in [-0.2, 0) is 18.8 Å². The van der Waals surface area contributed by atoms with Gasteiger partial charge in [-0.05, 0) is 12.3 Å². The molecule has 1 aromatic heterocycles. The third-order valence-electron chi connectivity index (χ3n) is 2.24. The van der Waals surface area contributed by atoms with Gasteiger partial charge in [-0.3, -0.25) is 4.68 Å². The molecular formula is C11H15Cl2N3. The Kier molecular flexibility index (Phi) is 5.11. The summed E-state index contributed by atoms with van der Waals surface area (Å²) < 4.78 is 1.67. The van der Waals surface area contributed by atoms with E-state index in [1.54, 1.807) is 4.68 Å². The highest BCUT2D eigenvalue weighted by molar-refractivity contribution is 6.31. The van der Waals surface area contributed by atoms with Gasteiger partial charge in [-0.25, -0.2) is 0 Å². The SMILES string of the molecule is CC(C)Cc1nn(CCC#N)c(Cl)c1CCl. The lowest BCUT2D eigenvalue weighted by Crippen LogP contribution is -2.01. The van der Waals surface area contributed by atoms with Crippen LogP contribution in [0.25, 0.3) is 0 Å². The zero-order chi connectivity index (χ0) is 12.1. The van der Waals surface area contributed by atoms with Gasteiger partial charge >= 0.3 is 0 Å². The zero-order valence-electron chi connectivity index (χ0n) is 9.50. The number of hydrogen-bond acceptors (Lipinski definition) is 2. The Bertz CT molecular complexity index is 391. The lowest BCUT2D eigenvalue weighted by atomic mass is 10.1. The van der Waals surface area contributed by atoms with Crippen molar-refractivity contribution in [2.45, 2.75) is 39.1 Å². The van der Waals surface area contributed by atoms with Crippen molar-refractivity contribution in [1.82, 2.24) is 9.78 Å². The summed E-state index contributed by atoms with van der Waals surface area (Å²) in [4.78, 5) is 0. The van der Waals surface area contributed by atoms with Gasteiger partial charge in [0.2, 0.25) is 0 Å². The predicted molar refractivity (Wildman–Crippen MR) is 65.6 cm³/mol. The van der Waals surface area contributed by atoms with Gasteiger partial charge in [0.1, 0.15) is 5.15 Å². The van der Waals surface area contributed by atoms with Crippen molar-refractivity contribution in [3.05, 3.63) is 16.4 Å². The Hall–Kier alpha value is -0.720. The summed E-state index contributed by atoms with van der Waals surface area (Å²) >= 11 is 12.0. The molecule has 0 radical (unpaired) electrons. The summed E-state index contributed by atoms with van der Waals surface area (Å²) in [6.07, 6.45) is 1.27. The number of halogens is 2. The number of rotatable bonds is 5. The van der Waals surface area contributed by atoms with E-state index in [4.69, 9.17) is 28.5 Å². The molecule has 1 rings (SSSR count). The molecule has 0 aliphatic heterocycles. The van der Waals surface area contributed by atoms with Gasteiger partial charge < -0.3 is 0 Å². The average molecular weight is 260 g/mol. The predicted octanol–water partition coefficient (Wildman–Crippen LogP) is 3.39. The maximum absolute atomic E-state index is 8.54. The highest BCUT2D eigenvalue weighted by Crippen LogP contribution is 2.24. The lowest BCUT2D eigenvalue weighted by Gasteiger charge is -2.02. The second-order valence-corrected chi connectivity index (χ2v) is 4.70. The minimum Gasteiger partial charge on any atom is -0.252 e. The molecule has 0 aliphatic carbocycles. The van der Waals surface area contributed by atoms with Gasteiger partial charge in [0.05, 0.1) is 30.6 Å². The zero-order valence-corrected chi connectivity index (χ0v) is 11.0.